The summed E-state index contributed by atoms with van der Waals surface area (Å²) in [6.45, 7) is 7.25. The topological polar surface area (TPSA) is 57.5 Å². The molecule has 0 aliphatic carbocycles. The molecule has 118 valence electrons. The summed E-state index contributed by atoms with van der Waals surface area (Å²) in [7, 11) is 1.28. The van der Waals surface area contributed by atoms with Gasteiger partial charge in [-0.1, -0.05) is 0 Å². The van der Waals surface area contributed by atoms with E-state index in [1.807, 2.05) is 19.1 Å². The zero-order chi connectivity index (χ0) is 16.7. The van der Waals surface area contributed by atoms with Crippen molar-refractivity contribution in [3.63, 3.8) is 0 Å². The normalized spacial score (nSPS) is 11.5. The second kappa shape index (κ2) is 5.76. The number of carbonyl (C=O) groups excluding carboxylic acids is 2. The highest BCUT2D eigenvalue weighted by Crippen LogP contribution is 2.30. The molecular formula is C16H18BrNO4. The number of fused-ring (bicyclic) bond motifs is 1. The van der Waals surface area contributed by atoms with Gasteiger partial charge in [-0.05, 0) is 67.4 Å². The van der Waals surface area contributed by atoms with E-state index in [4.69, 9.17) is 9.47 Å². The van der Waals surface area contributed by atoms with Crippen molar-refractivity contribution in [3.05, 3.63) is 33.9 Å². The second-order valence-electron chi connectivity index (χ2n) is 6.02. The van der Waals surface area contributed by atoms with E-state index in [2.05, 4.69) is 15.9 Å². The van der Waals surface area contributed by atoms with E-state index in [9.17, 15) is 9.59 Å². The summed E-state index contributed by atoms with van der Waals surface area (Å²) in [5.74, 6) is -0.591. The molecule has 22 heavy (non-hydrogen) atoms. The minimum Gasteiger partial charge on any atom is -0.464 e. The average molecular weight is 368 g/mol. The lowest BCUT2D eigenvalue weighted by atomic mass is 10.2. The number of ether oxygens (including phenoxy) is 2. The molecule has 0 unspecified atom stereocenters. The number of hydrogen-bond acceptors (Lipinski definition) is 4. The van der Waals surface area contributed by atoms with E-state index in [0.717, 1.165) is 10.9 Å². The number of benzene rings is 1. The van der Waals surface area contributed by atoms with Crippen molar-refractivity contribution in [2.45, 2.75) is 33.3 Å². The van der Waals surface area contributed by atoms with Crippen LogP contribution >= 0.6 is 15.9 Å². The summed E-state index contributed by atoms with van der Waals surface area (Å²) in [5.41, 5.74) is 1.06. The Morgan fingerprint density at radius 2 is 1.82 bits per heavy atom. The molecule has 0 N–H and O–H groups in total. The molecule has 0 spiro atoms. The van der Waals surface area contributed by atoms with E-state index in [-0.39, 0.29) is 5.69 Å². The van der Waals surface area contributed by atoms with Crippen LogP contribution in [0.1, 0.15) is 36.8 Å². The Hall–Kier alpha value is -1.82. The minimum atomic E-state index is -0.668. The molecular weight excluding hydrogens is 350 g/mol. The van der Waals surface area contributed by atoms with Gasteiger partial charge >= 0.3 is 12.1 Å². The molecule has 2 aromatic rings. The predicted molar refractivity (Wildman–Crippen MR) is 87.3 cm³/mol. The fourth-order valence-electron chi connectivity index (χ4n) is 2.19. The first-order chi connectivity index (χ1) is 10.1. The smallest absolute Gasteiger partial charge is 0.419 e. The molecule has 0 amide bonds. The first kappa shape index (κ1) is 16.5. The average Bonchev–Trinajstić information content (AvgIpc) is 2.75. The number of methoxy groups -OCH3 is 1. The van der Waals surface area contributed by atoms with Crippen LogP contribution < -0.4 is 0 Å². The summed E-state index contributed by atoms with van der Waals surface area (Å²) < 4.78 is 12.1. The molecule has 0 aliphatic heterocycles. The molecule has 1 aromatic carbocycles. The molecule has 0 saturated heterocycles. The van der Waals surface area contributed by atoms with Gasteiger partial charge in [0.1, 0.15) is 11.3 Å². The lowest BCUT2D eigenvalue weighted by Gasteiger charge is -2.20. The Kier molecular flexibility index (Phi) is 4.33. The van der Waals surface area contributed by atoms with Crippen LogP contribution in [0.2, 0.25) is 0 Å². The van der Waals surface area contributed by atoms with Crippen LogP contribution in [0.15, 0.2) is 22.7 Å². The standard InChI is InChI=1S/C16H18BrNO4/c1-9-6-10-8-12(14(19)21-5)18(13(10)11(17)7-9)15(20)22-16(2,3)4/h6-8H,1-5H3. The van der Waals surface area contributed by atoms with Gasteiger partial charge in [-0.2, -0.15) is 0 Å². The van der Waals surface area contributed by atoms with Crippen LogP contribution in [0, 0.1) is 6.92 Å². The number of rotatable bonds is 1. The molecule has 0 aliphatic rings. The van der Waals surface area contributed by atoms with Crippen LogP contribution in [-0.2, 0) is 9.47 Å². The summed E-state index contributed by atoms with van der Waals surface area (Å²) in [4.78, 5) is 24.5. The van der Waals surface area contributed by atoms with Gasteiger partial charge < -0.3 is 9.47 Å². The van der Waals surface area contributed by atoms with Crippen LogP contribution in [0.4, 0.5) is 4.79 Å². The number of halogens is 1. The van der Waals surface area contributed by atoms with Gasteiger partial charge in [0.15, 0.2) is 0 Å². The molecule has 0 bridgehead atoms. The van der Waals surface area contributed by atoms with Crippen molar-refractivity contribution >= 4 is 38.9 Å². The Bertz CT molecular complexity index is 756. The van der Waals surface area contributed by atoms with Crippen LogP contribution in [0.25, 0.3) is 10.9 Å². The molecule has 0 atom stereocenters. The van der Waals surface area contributed by atoms with E-state index in [1.165, 1.54) is 11.7 Å². The molecule has 5 nitrogen and oxygen atoms in total. The third kappa shape index (κ3) is 3.16. The Morgan fingerprint density at radius 3 is 2.36 bits per heavy atom. The number of esters is 1. The number of aryl methyl sites for hydroxylation is 1. The lowest BCUT2D eigenvalue weighted by molar-refractivity contribution is 0.0489. The zero-order valence-corrected chi connectivity index (χ0v) is 14.8. The van der Waals surface area contributed by atoms with E-state index in [1.54, 1.807) is 26.8 Å². The summed E-state index contributed by atoms with van der Waals surface area (Å²) in [5, 5.41) is 0.762. The van der Waals surface area contributed by atoms with Crippen molar-refractivity contribution in [2.75, 3.05) is 7.11 Å². The highest BCUT2D eigenvalue weighted by Gasteiger charge is 2.26. The van der Waals surface area contributed by atoms with E-state index in [0.29, 0.717) is 9.99 Å². The Morgan fingerprint density at radius 1 is 1.18 bits per heavy atom. The summed E-state index contributed by atoms with van der Waals surface area (Å²) in [6.07, 6.45) is -0.618. The predicted octanol–water partition coefficient (Wildman–Crippen LogP) is 4.28. The first-order valence-corrected chi connectivity index (χ1v) is 7.56. The SMILES string of the molecule is COC(=O)c1cc2cc(C)cc(Br)c2n1C(=O)OC(C)(C)C. The molecule has 1 aromatic heterocycles. The molecule has 6 heteroatoms. The van der Waals surface area contributed by atoms with Gasteiger partial charge in [-0.25, -0.2) is 14.2 Å². The quantitative estimate of drug-likeness (QED) is 0.705. The van der Waals surface area contributed by atoms with Gasteiger partial charge in [0.2, 0.25) is 0 Å². The highest BCUT2D eigenvalue weighted by molar-refractivity contribution is 9.10. The number of carbonyl (C=O) groups is 2. The minimum absolute atomic E-state index is 0.137. The van der Waals surface area contributed by atoms with Gasteiger partial charge in [0.25, 0.3) is 0 Å². The molecule has 0 fully saturated rings. The van der Waals surface area contributed by atoms with Crippen LogP contribution in [-0.4, -0.2) is 29.3 Å². The summed E-state index contributed by atoms with van der Waals surface area (Å²) >= 11 is 3.45. The Balaban J connectivity index is 2.73. The van der Waals surface area contributed by atoms with Crippen LogP contribution in [0.3, 0.4) is 0 Å². The lowest BCUT2D eigenvalue weighted by Crippen LogP contribution is -2.29. The molecule has 0 saturated carbocycles. The van der Waals surface area contributed by atoms with Crippen molar-refractivity contribution in [1.82, 2.24) is 4.57 Å². The summed E-state index contributed by atoms with van der Waals surface area (Å²) in [6, 6.07) is 5.40. The van der Waals surface area contributed by atoms with Crippen LogP contribution in [0.5, 0.6) is 0 Å². The van der Waals surface area contributed by atoms with Crippen molar-refractivity contribution < 1.29 is 19.1 Å². The zero-order valence-electron chi connectivity index (χ0n) is 13.2. The number of hydrogen-bond donors (Lipinski definition) is 0. The maximum Gasteiger partial charge on any atom is 0.419 e. The fraction of sp³-hybridized carbons (Fsp3) is 0.375. The van der Waals surface area contributed by atoms with Gasteiger partial charge in [-0.15, -0.1) is 0 Å². The first-order valence-electron chi connectivity index (χ1n) is 6.77. The molecule has 0 radical (unpaired) electrons. The largest absolute Gasteiger partial charge is 0.464 e. The van der Waals surface area contributed by atoms with Crippen molar-refractivity contribution in [3.8, 4) is 0 Å². The number of nitrogens with zero attached hydrogens (tertiary/aromatic N) is 1. The third-order valence-corrected chi connectivity index (χ3v) is 3.57. The van der Waals surface area contributed by atoms with E-state index >= 15 is 0 Å². The third-order valence-electron chi connectivity index (χ3n) is 2.96. The van der Waals surface area contributed by atoms with Crippen molar-refractivity contribution in [1.29, 1.82) is 0 Å². The number of aromatic nitrogens is 1. The molecule has 1 heterocycles. The van der Waals surface area contributed by atoms with Gasteiger partial charge in [-0.3, -0.25) is 0 Å². The van der Waals surface area contributed by atoms with E-state index < -0.39 is 17.7 Å². The van der Waals surface area contributed by atoms with Gasteiger partial charge in [0.05, 0.1) is 12.6 Å². The Labute approximate surface area is 137 Å². The second-order valence-corrected chi connectivity index (χ2v) is 6.88. The van der Waals surface area contributed by atoms with Gasteiger partial charge in [0, 0.05) is 9.86 Å². The highest BCUT2D eigenvalue weighted by atomic mass is 79.9. The maximum absolute atomic E-state index is 12.5. The monoisotopic (exact) mass is 367 g/mol. The fourth-order valence-corrected chi connectivity index (χ4v) is 2.96. The maximum atomic E-state index is 12.5. The van der Waals surface area contributed by atoms with Crippen molar-refractivity contribution in [2.24, 2.45) is 0 Å². The molecule has 2 rings (SSSR count).